The molecular formula is C16H24N2O2S. The summed E-state index contributed by atoms with van der Waals surface area (Å²) in [4.78, 5) is 14.3. The highest BCUT2D eigenvalue weighted by Gasteiger charge is 2.32. The first-order valence-corrected chi connectivity index (χ1v) is 8.39. The molecule has 21 heavy (non-hydrogen) atoms. The lowest BCUT2D eigenvalue weighted by molar-refractivity contribution is 0.193. The van der Waals surface area contributed by atoms with E-state index in [1.54, 1.807) is 0 Å². The highest BCUT2D eigenvalue weighted by molar-refractivity contribution is 8.00. The van der Waals surface area contributed by atoms with E-state index in [0.29, 0.717) is 17.7 Å². The van der Waals surface area contributed by atoms with Gasteiger partial charge in [-0.25, -0.2) is 4.79 Å². The Kier molecular flexibility index (Phi) is 5.94. The zero-order valence-corrected chi connectivity index (χ0v) is 13.5. The minimum Gasteiger partial charge on any atom is -0.465 e. The molecule has 1 aliphatic rings. The lowest BCUT2D eigenvalue weighted by Crippen LogP contribution is -2.26. The molecule has 0 radical (unpaired) electrons. The van der Waals surface area contributed by atoms with Crippen molar-refractivity contribution in [3.05, 3.63) is 29.8 Å². The fourth-order valence-corrected chi connectivity index (χ4v) is 4.10. The van der Waals surface area contributed by atoms with Crippen LogP contribution in [-0.4, -0.2) is 47.5 Å². The van der Waals surface area contributed by atoms with Gasteiger partial charge in [-0.2, -0.15) is 0 Å². The first-order chi connectivity index (χ1) is 10.1. The highest BCUT2D eigenvalue weighted by atomic mass is 32.2. The van der Waals surface area contributed by atoms with Crippen LogP contribution in [0.2, 0.25) is 0 Å². The second-order valence-corrected chi connectivity index (χ2v) is 6.91. The lowest BCUT2D eigenvalue weighted by Gasteiger charge is -2.18. The molecular weight excluding hydrogens is 284 g/mol. The molecule has 2 atom stereocenters. The molecule has 1 aromatic rings. The number of hydrogen-bond acceptors (Lipinski definition) is 3. The molecule has 2 unspecified atom stereocenters. The average Bonchev–Trinajstić information content (AvgIpc) is 2.83. The van der Waals surface area contributed by atoms with Crippen LogP contribution in [0.3, 0.4) is 0 Å². The molecule has 2 N–H and O–H groups in total. The van der Waals surface area contributed by atoms with Crippen LogP contribution in [0, 0.1) is 12.8 Å². The monoisotopic (exact) mass is 308 g/mol. The number of hydrogen-bond donors (Lipinski definition) is 2. The van der Waals surface area contributed by atoms with Crippen molar-refractivity contribution >= 4 is 17.9 Å². The van der Waals surface area contributed by atoms with E-state index in [1.807, 2.05) is 11.8 Å². The van der Waals surface area contributed by atoms with E-state index in [0.717, 1.165) is 26.1 Å². The van der Waals surface area contributed by atoms with Crippen molar-refractivity contribution in [3.63, 3.8) is 0 Å². The molecule has 116 valence electrons. The van der Waals surface area contributed by atoms with Gasteiger partial charge >= 0.3 is 6.09 Å². The normalized spacial score (nSPS) is 22.4. The Morgan fingerprint density at radius 3 is 2.71 bits per heavy atom. The number of aryl methyl sites for hydroxylation is 1. The zero-order chi connectivity index (χ0) is 15.2. The van der Waals surface area contributed by atoms with Crippen molar-refractivity contribution in [1.82, 2.24) is 10.2 Å². The highest BCUT2D eigenvalue weighted by Crippen LogP contribution is 2.35. The zero-order valence-electron chi connectivity index (χ0n) is 12.7. The van der Waals surface area contributed by atoms with Crippen LogP contribution in [0.25, 0.3) is 0 Å². The number of nitrogens with one attached hydrogen (secondary N) is 1. The molecule has 0 aromatic heterocycles. The van der Waals surface area contributed by atoms with Gasteiger partial charge in [-0.3, -0.25) is 0 Å². The number of carbonyl (C=O) groups is 1. The quantitative estimate of drug-likeness (QED) is 0.848. The minimum atomic E-state index is -0.928. The second kappa shape index (κ2) is 7.71. The molecule has 4 nitrogen and oxygen atoms in total. The summed E-state index contributed by atoms with van der Waals surface area (Å²) in [5.41, 5.74) is 1.28. The summed E-state index contributed by atoms with van der Waals surface area (Å²) in [6.07, 6.45) is -0.0186. The van der Waals surface area contributed by atoms with Crippen molar-refractivity contribution < 1.29 is 9.90 Å². The van der Waals surface area contributed by atoms with E-state index in [1.165, 1.54) is 10.5 Å². The number of rotatable bonds is 6. The van der Waals surface area contributed by atoms with Gasteiger partial charge in [0, 0.05) is 29.8 Å². The third-order valence-corrected chi connectivity index (χ3v) is 5.38. The topological polar surface area (TPSA) is 52.6 Å². The number of benzene rings is 1. The smallest absolute Gasteiger partial charge is 0.404 e. The van der Waals surface area contributed by atoms with Crippen LogP contribution >= 0.6 is 11.8 Å². The van der Waals surface area contributed by atoms with Crippen LogP contribution in [0.5, 0.6) is 0 Å². The van der Waals surface area contributed by atoms with Crippen molar-refractivity contribution in [3.8, 4) is 0 Å². The van der Waals surface area contributed by atoms with Crippen LogP contribution in [-0.2, 0) is 0 Å². The predicted octanol–water partition coefficient (Wildman–Crippen LogP) is 3.07. The van der Waals surface area contributed by atoms with Gasteiger partial charge in [0.25, 0.3) is 0 Å². The van der Waals surface area contributed by atoms with Gasteiger partial charge in [0.1, 0.15) is 0 Å². The van der Waals surface area contributed by atoms with Crippen LogP contribution < -0.4 is 5.32 Å². The Morgan fingerprint density at radius 2 is 2.10 bits per heavy atom. The molecule has 1 saturated heterocycles. The molecule has 0 bridgehead atoms. The summed E-state index contributed by atoms with van der Waals surface area (Å²) >= 11 is 1.93. The minimum absolute atomic E-state index is 0.544. The van der Waals surface area contributed by atoms with E-state index in [2.05, 4.69) is 48.3 Å². The van der Waals surface area contributed by atoms with E-state index in [-0.39, 0.29) is 0 Å². The third kappa shape index (κ3) is 4.93. The molecule has 0 aliphatic carbocycles. The Balaban J connectivity index is 1.93. The van der Waals surface area contributed by atoms with Crippen LogP contribution in [0.1, 0.15) is 18.9 Å². The standard InChI is InChI=1S/C16H24N2O2S/c1-3-18-10-13(8-9-17-16(19)20)15(11-18)21-14-6-4-12(2)5-7-14/h4-7,13,15,17H,3,8-11H2,1-2H3,(H,19,20). The molecule has 1 aromatic carbocycles. The maximum Gasteiger partial charge on any atom is 0.404 e. The summed E-state index contributed by atoms with van der Waals surface area (Å²) < 4.78 is 0. The van der Waals surface area contributed by atoms with Gasteiger partial charge in [0.15, 0.2) is 0 Å². The van der Waals surface area contributed by atoms with Gasteiger partial charge in [-0.15, -0.1) is 11.8 Å². The molecule has 2 rings (SSSR count). The summed E-state index contributed by atoms with van der Waals surface area (Å²) in [5, 5.41) is 11.7. The van der Waals surface area contributed by atoms with E-state index >= 15 is 0 Å². The van der Waals surface area contributed by atoms with Crippen LogP contribution in [0.15, 0.2) is 29.2 Å². The van der Waals surface area contributed by atoms with Crippen molar-refractivity contribution in [2.24, 2.45) is 5.92 Å². The maximum absolute atomic E-state index is 10.6. The summed E-state index contributed by atoms with van der Waals surface area (Å²) in [7, 11) is 0. The fraction of sp³-hybridized carbons (Fsp3) is 0.562. The van der Waals surface area contributed by atoms with E-state index in [9.17, 15) is 4.79 Å². The largest absolute Gasteiger partial charge is 0.465 e. The second-order valence-electron chi connectivity index (χ2n) is 5.60. The number of nitrogens with zero attached hydrogens (tertiary/aromatic N) is 1. The summed E-state index contributed by atoms with van der Waals surface area (Å²) in [5.74, 6) is 0.545. The molecule has 1 aliphatic heterocycles. The Labute approximate surface area is 130 Å². The summed E-state index contributed by atoms with van der Waals surface area (Å²) in [6.45, 7) is 8.05. The third-order valence-electron chi connectivity index (χ3n) is 4.00. The molecule has 1 fully saturated rings. The van der Waals surface area contributed by atoms with Crippen LogP contribution in [0.4, 0.5) is 4.79 Å². The first-order valence-electron chi connectivity index (χ1n) is 7.51. The van der Waals surface area contributed by atoms with Crippen molar-refractivity contribution in [1.29, 1.82) is 0 Å². The van der Waals surface area contributed by atoms with E-state index in [4.69, 9.17) is 5.11 Å². The van der Waals surface area contributed by atoms with Crippen molar-refractivity contribution in [2.75, 3.05) is 26.2 Å². The maximum atomic E-state index is 10.6. The van der Waals surface area contributed by atoms with E-state index < -0.39 is 6.09 Å². The van der Waals surface area contributed by atoms with Crippen molar-refractivity contribution in [2.45, 2.75) is 30.4 Å². The first kappa shape index (κ1) is 16.2. The molecule has 0 saturated carbocycles. The predicted molar refractivity (Wildman–Crippen MR) is 87.1 cm³/mol. The van der Waals surface area contributed by atoms with Gasteiger partial charge in [-0.1, -0.05) is 24.6 Å². The van der Waals surface area contributed by atoms with Gasteiger partial charge < -0.3 is 15.3 Å². The number of likely N-dealkylation sites (tertiary alicyclic amines) is 1. The Bertz CT molecular complexity index is 464. The Hall–Kier alpha value is -1.20. The van der Waals surface area contributed by atoms with Gasteiger partial charge in [0.2, 0.25) is 0 Å². The molecule has 1 amide bonds. The molecule has 5 heteroatoms. The number of thioether (sulfide) groups is 1. The lowest BCUT2D eigenvalue weighted by atomic mass is 10.0. The van der Waals surface area contributed by atoms with Gasteiger partial charge in [-0.05, 0) is 37.9 Å². The fourth-order valence-electron chi connectivity index (χ4n) is 2.75. The Morgan fingerprint density at radius 1 is 1.38 bits per heavy atom. The average molecular weight is 308 g/mol. The molecule has 0 spiro atoms. The van der Waals surface area contributed by atoms with Gasteiger partial charge in [0.05, 0.1) is 0 Å². The number of amides is 1. The molecule has 1 heterocycles. The SMILES string of the molecule is CCN1CC(CCNC(=O)O)C(Sc2ccc(C)cc2)C1. The summed E-state index contributed by atoms with van der Waals surface area (Å²) in [6, 6.07) is 8.66. The number of carboxylic acid groups (broad SMARTS) is 1.